The molecular weight excluding hydrogens is 250 g/mol. The number of nitrogens with zero attached hydrogens (tertiary/aromatic N) is 2. The summed E-state index contributed by atoms with van der Waals surface area (Å²) >= 11 is 0. The molecule has 1 aromatic rings. The highest BCUT2D eigenvalue weighted by molar-refractivity contribution is 7.91. The van der Waals surface area contributed by atoms with Gasteiger partial charge in [-0.1, -0.05) is 6.07 Å². The molecule has 1 aliphatic heterocycles. The summed E-state index contributed by atoms with van der Waals surface area (Å²) in [5, 5.41) is 0. The fraction of sp³-hybridized carbons (Fsp3) is 0.583. The van der Waals surface area contributed by atoms with Crippen molar-refractivity contribution in [3.8, 4) is 0 Å². The monoisotopic (exact) mass is 269 g/mol. The largest absolute Gasteiger partial charge is 0.356 e. The molecule has 2 heterocycles. The van der Waals surface area contributed by atoms with Crippen LogP contribution in [-0.2, 0) is 9.84 Å². The van der Waals surface area contributed by atoms with Crippen molar-refractivity contribution in [3.63, 3.8) is 0 Å². The molecule has 0 amide bonds. The van der Waals surface area contributed by atoms with E-state index in [1.807, 2.05) is 24.0 Å². The van der Waals surface area contributed by atoms with Crippen LogP contribution < -0.4 is 10.6 Å². The summed E-state index contributed by atoms with van der Waals surface area (Å²) in [5.74, 6) is 1.32. The molecule has 2 N–H and O–H groups in total. The number of nitrogens with two attached hydrogens (primary N) is 1. The number of anilines is 1. The van der Waals surface area contributed by atoms with E-state index in [-0.39, 0.29) is 17.5 Å². The molecule has 0 aliphatic carbocycles. The number of rotatable bonds is 2. The Kier molecular flexibility index (Phi) is 3.87. The standard InChI is InChI=1S/C12H19N3O2S/c1-10(13)11-3-4-12(14-9-11)15-5-2-7-18(16,17)8-6-15/h3-4,9-10H,2,5-8,13H2,1H3/t10-/m1/s1. The molecule has 0 aromatic carbocycles. The molecule has 0 spiro atoms. The summed E-state index contributed by atoms with van der Waals surface area (Å²) in [5.41, 5.74) is 6.76. The van der Waals surface area contributed by atoms with E-state index >= 15 is 0 Å². The Morgan fingerprint density at radius 3 is 2.72 bits per heavy atom. The Morgan fingerprint density at radius 1 is 1.33 bits per heavy atom. The van der Waals surface area contributed by atoms with Crippen molar-refractivity contribution in [3.05, 3.63) is 23.9 Å². The molecule has 1 saturated heterocycles. The number of sulfone groups is 1. The highest BCUT2D eigenvalue weighted by atomic mass is 32.2. The van der Waals surface area contributed by atoms with Gasteiger partial charge >= 0.3 is 0 Å². The van der Waals surface area contributed by atoms with Gasteiger partial charge in [0.1, 0.15) is 5.82 Å². The van der Waals surface area contributed by atoms with Gasteiger partial charge in [-0.2, -0.15) is 0 Å². The molecule has 5 nitrogen and oxygen atoms in total. The topological polar surface area (TPSA) is 76.3 Å². The lowest BCUT2D eigenvalue weighted by Gasteiger charge is -2.21. The SMILES string of the molecule is C[C@@H](N)c1ccc(N2CCCS(=O)(=O)CC2)nc1. The van der Waals surface area contributed by atoms with E-state index in [1.54, 1.807) is 6.20 Å². The van der Waals surface area contributed by atoms with Crippen LogP contribution in [-0.4, -0.2) is 38.0 Å². The van der Waals surface area contributed by atoms with Gasteiger partial charge in [0, 0.05) is 25.3 Å². The lowest BCUT2D eigenvalue weighted by molar-refractivity contribution is 0.597. The normalized spacial score (nSPS) is 21.3. The van der Waals surface area contributed by atoms with E-state index in [1.165, 1.54) is 0 Å². The molecule has 1 fully saturated rings. The maximum Gasteiger partial charge on any atom is 0.152 e. The van der Waals surface area contributed by atoms with Crippen LogP contribution in [0.5, 0.6) is 0 Å². The summed E-state index contributed by atoms with van der Waals surface area (Å²) in [7, 11) is -2.87. The average molecular weight is 269 g/mol. The Labute approximate surface area is 108 Å². The number of hydrogen-bond donors (Lipinski definition) is 1. The minimum Gasteiger partial charge on any atom is -0.356 e. The van der Waals surface area contributed by atoms with Gasteiger partial charge in [-0.05, 0) is 25.0 Å². The van der Waals surface area contributed by atoms with Crippen LogP contribution >= 0.6 is 0 Å². The second-order valence-electron chi connectivity index (χ2n) is 4.73. The smallest absolute Gasteiger partial charge is 0.152 e. The molecule has 1 atom stereocenters. The fourth-order valence-corrected chi connectivity index (χ4v) is 3.29. The van der Waals surface area contributed by atoms with Gasteiger partial charge in [0.05, 0.1) is 11.5 Å². The van der Waals surface area contributed by atoms with Crippen molar-refractivity contribution >= 4 is 15.7 Å². The third-order valence-corrected chi connectivity index (χ3v) is 4.89. The van der Waals surface area contributed by atoms with E-state index < -0.39 is 9.84 Å². The van der Waals surface area contributed by atoms with Gasteiger partial charge in [-0.3, -0.25) is 0 Å². The lowest BCUT2D eigenvalue weighted by atomic mass is 10.1. The lowest BCUT2D eigenvalue weighted by Crippen LogP contribution is -2.27. The Bertz CT molecular complexity index is 497. The summed E-state index contributed by atoms with van der Waals surface area (Å²) in [6.45, 7) is 3.17. The first-order valence-corrected chi connectivity index (χ1v) is 7.97. The van der Waals surface area contributed by atoms with Gasteiger partial charge in [0.15, 0.2) is 9.84 Å². The van der Waals surface area contributed by atoms with E-state index in [0.29, 0.717) is 13.0 Å². The van der Waals surface area contributed by atoms with Crippen LogP contribution in [0.4, 0.5) is 5.82 Å². The number of pyridine rings is 1. The van der Waals surface area contributed by atoms with Gasteiger partial charge in [0.2, 0.25) is 0 Å². The average Bonchev–Trinajstić information content (AvgIpc) is 2.50. The molecule has 0 saturated carbocycles. The first-order chi connectivity index (χ1) is 8.48. The molecule has 1 aromatic heterocycles. The Balaban J connectivity index is 2.12. The summed E-state index contributed by atoms with van der Waals surface area (Å²) in [6.07, 6.45) is 2.43. The van der Waals surface area contributed by atoms with Crippen LogP contribution in [0.3, 0.4) is 0 Å². The van der Waals surface area contributed by atoms with Gasteiger partial charge in [-0.25, -0.2) is 13.4 Å². The van der Waals surface area contributed by atoms with Crippen molar-refractivity contribution in [1.29, 1.82) is 0 Å². The minimum absolute atomic E-state index is 0.0314. The summed E-state index contributed by atoms with van der Waals surface area (Å²) in [4.78, 5) is 6.39. The number of aromatic nitrogens is 1. The summed E-state index contributed by atoms with van der Waals surface area (Å²) < 4.78 is 23.1. The quantitative estimate of drug-likeness (QED) is 0.856. The zero-order valence-corrected chi connectivity index (χ0v) is 11.4. The van der Waals surface area contributed by atoms with Crippen molar-refractivity contribution in [2.24, 2.45) is 5.73 Å². The first kappa shape index (κ1) is 13.3. The van der Waals surface area contributed by atoms with Crippen molar-refractivity contribution in [2.45, 2.75) is 19.4 Å². The predicted molar refractivity (Wildman–Crippen MR) is 72.3 cm³/mol. The minimum atomic E-state index is -2.87. The number of hydrogen-bond acceptors (Lipinski definition) is 5. The van der Waals surface area contributed by atoms with E-state index in [4.69, 9.17) is 5.73 Å². The van der Waals surface area contributed by atoms with Gasteiger partial charge < -0.3 is 10.6 Å². The van der Waals surface area contributed by atoms with Crippen molar-refractivity contribution in [2.75, 3.05) is 29.5 Å². The predicted octanol–water partition coefficient (Wildman–Crippen LogP) is 0.726. The molecule has 0 bridgehead atoms. The molecule has 0 radical (unpaired) electrons. The van der Waals surface area contributed by atoms with Crippen molar-refractivity contribution in [1.82, 2.24) is 4.98 Å². The highest BCUT2D eigenvalue weighted by Crippen LogP contribution is 2.17. The molecular formula is C12H19N3O2S. The van der Waals surface area contributed by atoms with Crippen LogP contribution in [0.25, 0.3) is 0 Å². The zero-order chi connectivity index (χ0) is 13.2. The zero-order valence-electron chi connectivity index (χ0n) is 10.5. The second-order valence-corrected chi connectivity index (χ2v) is 7.03. The van der Waals surface area contributed by atoms with E-state index in [0.717, 1.165) is 17.9 Å². The molecule has 6 heteroatoms. The van der Waals surface area contributed by atoms with Crippen LogP contribution in [0, 0.1) is 0 Å². The van der Waals surface area contributed by atoms with Crippen LogP contribution in [0.1, 0.15) is 24.9 Å². The maximum absolute atomic E-state index is 11.5. The first-order valence-electron chi connectivity index (χ1n) is 6.15. The molecule has 18 heavy (non-hydrogen) atoms. The third-order valence-electron chi connectivity index (χ3n) is 3.18. The molecule has 0 unspecified atom stereocenters. The Morgan fingerprint density at radius 2 is 2.11 bits per heavy atom. The third kappa shape index (κ3) is 3.20. The second kappa shape index (κ2) is 5.24. The van der Waals surface area contributed by atoms with Gasteiger partial charge in [-0.15, -0.1) is 0 Å². The van der Waals surface area contributed by atoms with Gasteiger partial charge in [0.25, 0.3) is 0 Å². The summed E-state index contributed by atoms with van der Waals surface area (Å²) in [6, 6.07) is 3.83. The van der Waals surface area contributed by atoms with Crippen LogP contribution in [0.15, 0.2) is 18.3 Å². The molecule has 2 rings (SSSR count). The molecule has 100 valence electrons. The van der Waals surface area contributed by atoms with E-state index in [9.17, 15) is 8.42 Å². The Hall–Kier alpha value is -1.14. The van der Waals surface area contributed by atoms with E-state index in [2.05, 4.69) is 4.98 Å². The van der Waals surface area contributed by atoms with Crippen LogP contribution in [0.2, 0.25) is 0 Å². The fourth-order valence-electron chi connectivity index (χ4n) is 2.02. The molecule has 1 aliphatic rings. The highest BCUT2D eigenvalue weighted by Gasteiger charge is 2.19. The van der Waals surface area contributed by atoms with Crippen molar-refractivity contribution < 1.29 is 8.42 Å². The maximum atomic E-state index is 11.5.